The van der Waals surface area contributed by atoms with Crippen LogP contribution in [-0.2, 0) is 17.7 Å². The highest BCUT2D eigenvalue weighted by Crippen LogP contribution is 2.24. The zero-order valence-corrected chi connectivity index (χ0v) is 16.3. The highest BCUT2D eigenvalue weighted by molar-refractivity contribution is 7.10. The fourth-order valence-electron chi connectivity index (χ4n) is 4.06. The van der Waals surface area contributed by atoms with Gasteiger partial charge in [-0.1, -0.05) is 26.7 Å². The first-order valence-corrected chi connectivity index (χ1v) is 10.5. The smallest absolute Gasteiger partial charge is 0.317 e. The Morgan fingerprint density at radius 3 is 2.76 bits per heavy atom. The van der Waals surface area contributed by atoms with Crippen LogP contribution in [0.15, 0.2) is 11.4 Å². The van der Waals surface area contributed by atoms with Crippen molar-refractivity contribution < 1.29 is 9.53 Å². The molecule has 25 heavy (non-hydrogen) atoms. The molecule has 3 heterocycles. The van der Waals surface area contributed by atoms with E-state index in [1.165, 1.54) is 10.4 Å². The molecule has 1 N–H and O–H groups in total. The zero-order valence-electron chi connectivity index (χ0n) is 15.5. The Morgan fingerprint density at radius 1 is 1.28 bits per heavy atom. The lowest BCUT2D eigenvalue weighted by molar-refractivity contribution is 0.00208. The van der Waals surface area contributed by atoms with Gasteiger partial charge in [-0.05, 0) is 29.3 Å². The van der Waals surface area contributed by atoms with Gasteiger partial charge >= 0.3 is 6.03 Å². The zero-order chi connectivity index (χ0) is 17.6. The molecule has 1 aromatic heterocycles. The van der Waals surface area contributed by atoms with Crippen LogP contribution in [0.4, 0.5) is 4.79 Å². The summed E-state index contributed by atoms with van der Waals surface area (Å²) in [4.78, 5) is 18.6. The first kappa shape index (κ1) is 18.7. The number of urea groups is 1. The third-order valence-electron chi connectivity index (χ3n) is 5.66. The maximum absolute atomic E-state index is 12.7. The number of nitrogens with zero attached hydrogens (tertiary/aromatic N) is 2. The normalized spacial score (nSPS) is 19.7. The maximum Gasteiger partial charge on any atom is 0.317 e. The third kappa shape index (κ3) is 4.54. The van der Waals surface area contributed by atoms with E-state index in [2.05, 4.69) is 35.5 Å². The van der Waals surface area contributed by atoms with Crippen LogP contribution >= 0.6 is 11.3 Å². The number of thiophene rings is 1. The van der Waals surface area contributed by atoms with Gasteiger partial charge in [-0.25, -0.2) is 4.79 Å². The van der Waals surface area contributed by atoms with Gasteiger partial charge in [-0.15, -0.1) is 11.3 Å². The summed E-state index contributed by atoms with van der Waals surface area (Å²) in [6, 6.07) is 2.64. The van der Waals surface area contributed by atoms with Crippen LogP contribution in [0.25, 0.3) is 0 Å². The summed E-state index contributed by atoms with van der Waals surface area (Å²) in [5.41, 5.74) is 1.32. The first-order valence-electron chi connectivity index (χ1n) is 9.62. The number of hydrogen-bond acceptors (Lipinski definition) is 4. The maximum atomic E-state index is 12.7. The minimum Gasteiger partial charge on any atom is -0.379 e. The van der Waals surface area contributed by atoms with Gasteiger partial charge in [-0.2, -0.15) is 0 Å². The molecule has 2 aliphatic rings. The number of amides is 2. The molecule has 1 fully saturated rings. The molecule has 0 radical (unpaired) electrons. The van der Waals surface area contributed by atoms with Crippen molar-refractivity contribution in [3.05, 3.63) is 21.9 Å². The Hall–Kier alpha value is -1.11. The van der Waals surface area contributed by atoms with Crippen molar-refractivity contribution in [2.24, 2.45) is 5.92 Å². The Bertz CT molecular complexity index is 553. The minimum absolute atomic E-state index is 0.0843. The van der Waals surface area contributed by atoms with E-state index in [-0.39, 0.29) is 6.03 Å². The van der Waals surface area contributed by atoms with Gasteiger partial charge in [0.05, 0.1) is 13.2 Å². The molecule has 1 aromatic rings. The van der Waals surface area contributed by atoms with Crippen molar-refractivity contribution in [2.45, 2.75) is 45.7 Å². The van der Waals surface area contributed by atoms with Crippen LogP contribution < -0.4 is 5.32 Å². The third-order valence-corrected chi connectivity index (χ3v) is 6.69. The summed E-state index contributed by atoms with van der Waals surface area (Å²) in [7, 11) is 0. The molecular formula is C19H31N3O2S. The van der Waals surface area contributed by atoms with Crippen LogP contribution in [0, 0.1) is 5.92 Å². The van der Waals surface area contributed by atoms with E-state index >= 15 is 0 Å². The monoisotopic (exact) mass is 365 g/mol. The molecule has 3 rings (SSSR count). The number of rotatable bonds is 6. The topological polar surface area (TPSA) is 44.8 Å². The van der Waals surface area contributed by atoms with E-state index in [1.54, 1.807) is 0 Å². The summed E-state index contributed by atoms with van der Waals surface area (Å²) in [6.45, 7) is 10.4. The molecular weight excluding hydrogens is 334 g/mol. The van der Waals surface area contributed by atoms with Crippen LogP contribution in [0.5, 0.6) is 0 Å². The molecule has 0 aliphatic carbocycles. The summed E-state index contributed by atoms with van der Waals surface area (Å²) in [6.07, 6.45) is 3.28. The van der Waals surface area contributed by atoms with Crippen molar-refractivity contribution in [3.8, 4) is 0 Å². The quantitative estimate of drug-likeness (QED) is 0.843. The van der Waals surface area contributed by atoms with Gasteiger partial charge in [0.25, 0.3) is 0 Å². The first-order chi connectivity index (χ1) is 12.2. The Kier molecular flexibility index (Phi) is 6.73. The van der Waals surface area contributed by atoms with Crippen LogP contribution in [0.2, 0.25) is 0 Å². The van der Waals surface area contributed by atoms with Gasteiger partial charge in [0, 0.05) is 43.6 Å². The van der Waals surface area contributed by atoms with E-state index in [9.17, 15) is 4.79 Å². The van der Waals surface area contributed by atoms with Crippen LogP contribution in [0.3, 0.4) is 0 Å². The molecule has 1 saturated heterocycles. The molecule has 5 nitrogen and oxygen atoms in total. The number of ether oxygens (including phenoxy) is 1. The average Bonchev–Trinajstić information content (AvgIpc) is 3.13. The summed E-state index contributed by atoms with van der Waals surface area (Å²) in [5, 5.41) is 5.36. The lowest BCUT2D eigenvalue weighted by Crippen LogP contribution is -2.53. The molecule has 6 heteroatoms. The van der Waals surface area contributed by atoms with Gasteiger partial charge in [0.1, 0.15) is 0 Å². The summed E-state index contributed by atoms with van der Waals surface area (Å²) >= 11 is 1.81. The number of nitrogens with one attached hydrogen (secondary N) is 1. The molecule has 0 saturated carbocycles. The second-order valence-electron chi connectivity index (χ2n) is 7.02. The second-order valence-corrected chi connectivity index (χ2v) is 8.02. The van der Waals surface area contributed by atoms with Crippen molar-refractivity contribution in [1.29, 1.82) is 0 Å². The molecule has 140 valence electrons. The number of morpholine rings is 1. The fourth-order valence-corrected chi connectivity index (χ4v) is 4.95. The van der Waals surface area contributed by atoms with Crippen molar-refractivity contribution in [3.63, 3.8) is 0 Å². The number of fused-ring (bicyclic) bond motifs is 1. The van der Waals surface area contributed by atoms with Crippen molar-refractivity contribution in [2.75, 3.05) is 39.4 Å². The van der Waals surface area contributed by atoms with Gasteiger partial charge in [-0.3, -0.25) is 4.90 Å². The van der Waals surface area contributed by atoms with E-state index in [4.69, 9.17) is 4.74 Å². The summed E-state index contributed by atoms with van der Waals surface area (Å²) in [5.74, 6) is 0.614. The highest BCUT2D eigenvalue weighted by Gasteiger charge is 2.28. The van der Waals surface area contributed by atoms with E-state index in [0.29, 0.717) is 12.0 Å². The van der Waals surface area contributed by atoms with E-state index in [1.807, 2.05) is 16.2 Å². The van der Waals surface area contributed by atoms with E-state index < -0.39 is 0 Å². The fraction of sp³-hybridized carbons (Fsp3) is 0.737. The highest BCUT2D eigenvalue weighted by atomic mass is 32.1. The molecule has 2 aliphatic heterocycles. The number of carbonyl (C=O) groups is 1. The Labute approximate surface area is 155 Å². The van der Waals surface area contributed by atoms with Gasteiger partial charge in [0.2, 0.25) is 0 Å². The molecule has 1 unspecified atom stereocenters. The summed E-state index contributed by atoms with van der Waals surface area (Å²) < 4.78 is 5.51. The Morgan fingerprint density at radius 2 is 2.04 bits per heavy atom. The van der Waals surface area contributed by atoms with Crippen molar-refractivity contribution in [1.82, 2.24) is 15.1 Å². The minimum atomic E-state index is 0.0843. The lowest BCUT2D eigenvalue weighted by Gasteiger charge is -2.39. The van der Waals surface area contributed by atoms with Gasteiger partial charge in [0.15, 0.2) is 0 Å². The van der Waals surface area contributed by atoms with E-state index in [0.717, 1.165) is 65.2 Å². The molecule has 0 spiro atoms. The molecule has 0 aromatic carbocycles. The molecule has 2 amide bonds. The molecule has 1 atom stereocenters. The lowest BCUT2D eigenvalue weighted by atomic mass is 9.92. The number of carbonyl (C=O) groups excluding carboxylic acids is 1. The average molecular weight is 366 g/mol. The second kappa shape index (κ2) is 9.01. The predicted molar refractivity (Wildman–Crippen MR) is 102 cm³/mol. The van der Waals surface area contributed by atoms with Crippen LogP contribution in [-0.4, -0.2) is 61.3 Å². The molecule has 0 bridgehead atoms. The largest absolute Gasteiger partial charge is 0.379 e. The number of hydrogen-bond donors (Lipinski definition) is 1. The van der Waals surface area contributed by atoms with Gasteiger partial charge < -0.3 is 15.0 Å². The Balaban J connectivity index is 1.57. The standard InChI is InChI=1S/C19H31N3O2S/c1-3-15(4-2)17(21-8-10-24-11-9-21)13-20-19(23)22-7-5-18-16(14-22)6-12-25-18/h6,12,15,17H,3-5,7-11,13-14H2,1-2H3,(H,20,23). The predicted octanol–water partition coefficient (Wildman–Crippen LogP) is 2.95. The van der Waals surface area contributed by atoms with Crippen LogP contribution in [0.1, 0.15) is 37.1 Å². The SMILES string of the molecule is CCC(CC)C(CNC(=O)N1CCc2sccc2C1)N1CCOCC1. The van der Waals surface area contributed by atoms with Crippen molar-refractivity contribution >= 4 is 17.4 Å².